The SMILES string of the molecule is CCOC(=O)CO.c1cncnc1. The number of esters is 1. The van der Waals surface area contributed by atoms with E-state index in [9.17, 15) is 4.79 Å². The van der Waals surface area contributed by atoms with Crippen LogP contribution in [0.5, 0.6) is 0 Å². The fourth-order valence-corrected chi connectivity index (χ4v) is 0.460. The average Bonchev–Trinajstić information content (AvgIpc) is 2.22. The summed E-state index contributed by atoms with van der Waals surface area (Å²) in [6.07, 6.45) is 4.88. The molecule has 0 saturated heterocycles. The number of ether oxygens (including phenoxy) is 1. The van der Waals surface area contributed by atoms with Gasteiger partial charge < -0.3 is 9.84 Å². The summed E-state index contributed by atoms with van der Waals surface area (Å²) in [6.45, 7) is 1.50. The van der Waals surface area contributed by atoms with Gasteiger partial charge in [0.05, 0.1) is 6.61 Å². The molecule has 1 aromatic rings. The smallest absolute Gasteiger partial charge is 0.331 e. The van der Waals surface area contributed by atoms with E-state index in [4.69, 9.17) is 5.11 Å². The summed E-state index contributed by atoms with van der Waals surface area (Å²) in [5, 5.41) is 7.99. The Hall–Kier alpha value is -1.49. The standard InChI is InChI=1S/C4H4N2.C4H8O3/c1-2-5-4-6-3-1;1-2-7-4(6)3-5/h1-4H;5H,2-3H2,1H3. The van der Waals surface area contributed by atoms with E-state index in [2.05, 4.69) is 14.7 Å². The summed E-state index contributed by atoms with van der Waals surface area (Å²) < 4.78 is 4.30. The first-order chi connectivity index (χ1) is 6.31. The van der Waals surface area contributed by atoms with Crippen LogP contribution in [0.15, 0.2) is 24.8 Å². The molecule has 0 fully saturated rings. The van der Waals surface area contributed by atoms with E-state index < -0.39 is 12.6 Å². The van der Waals surface area contributed by atoms with Crippen molar-refractivity contribution in [1.29, 1.82) is 0 Å². The Labute approximate surface area is 76.4 Å². The molecule has 0 spiro atoms. The number of aliphatic hydroxyl groups is 1. The summed E-state index contributed by atoms with van der Waals surface area (Å²) in [4.78, 5) is 17.3. The number of aliphatic hydroxyl groups excluding tert-OH is 1. The molecular weight excluding hydrogens is 172 g/mol. The maximum absolute atomic E-state index is 9.94. The lowest BCUT2D eigenvalue weighted by molar-refractivity contribution is -0.146. The minimum absolute atomic E-state index is 0.333. The minimum Gasteiger partial charge on any atom is -0.464 e. The zero-order chi connectivity index (χ0) is 9.94. The van der Waals surface area contributed by atoms with Crippen molar-refractivity contribution >= 4 is 5.97 Å². The molecule has 5 nitrogen and oxygen atoms in total. The molecule has 0 aliphatic carbocycles. The number of hydrogen-bond donors (Lipinski definition) is 1. The van der Waals surface area contributed by atoms with Crippen molar-refractivity contribution in [3.8, 4) is 0 Å². The van der Waals surface area contributed by atoms with Crippen LogP contribution in [0.4, 0.5) is 0 Å². The normalized spacial score (nSPS) is 8.15. The van der Waals surface area contributed by atoms with Gasteiger partial charge >= 0.3 is 5.97 Å². The third-order valence-electron chi connectivity index (χ3n) is 0.912. The van der Waals surface area contributed by atoms with E-state index in [1.54, 1.807) is 25.4 Å². The Morgan fingerprint density at radius 3 is 2.23 bits per heavy atom. The first kappa shape index (κ1) is 11.5. The van der Waals surface area contributed by atoms with Gasteiger partial charge in [-0.05, 0) is 13.0 Å². The molecule has 0 aliphatic rings. The summed E-state index contributed by atoms with van der Waals surface area (Å²) in [7, 11) is 0. The molecule has 0 radical (unpaired) electrons. The molecular formula is C8H12N2O3. The Kier molecular flexibility index (Phi) is 7.62. The van der Waals surface area contributed by atoms with Crippen LogP contribution in [0.1, 0.15) is 6.92 Å². The van der Waals surface area contributed by atoms with Gasteiger partial charge in [-0.15, -0.1) is 0 Å². The quantitative estimate of drug-likeness (QED) is 0.656. The van der Waals surface area contributed by atoms with Gasteiger partial charge in [0, 0.05) is 12.4 Å². The fraction of sp³-hybridized carbons (Fsp3) is 0.375. The van der Waals surface area contributed by atoms with Crippen molar-refractivity contribution in [2.24, 2.45) is 0 Å². The Balaban J connectivity index is 0.000000223. The summed E-state index contributed by atoms with van der Waals surface area (Å²) in [6, 6.07) is 1.78. The van der Waals surface area contributed by atoms with E-state index in [0.717, 1.165) is 0 Å². The average molecular weight is 184 g/mol. The molecule has 0 aliphatic heterocycles. The predicted molar refractivity (Wildman–Crippen MR) is 45.8 cm³/mol. The monoisotopic (exact) mass is 184 g/mol. The second-order valence-electron chi connectivity index (χ2n) is 1.87. The van der Waals surface area contributed by atoms with E-state index >= 15 is 0 Å². The maximum atomic E-state index is 9.94. The lowest BCUT2D eigenvalue weighted by Gasteiger charge is -1.93. The van der Waals surface area contributed by atoms with Crippen LogP contribution in [-0.2, 0) is 9.53 Å². The molecule has 1 N–H and O–H groups in total. The Morgan fingerprint density at radius 1 is 1.46 bits per heavy atom. The molecule has 1 aromatic heterocycles. The topological polar surface area (TPSA) is 72.3 Å². The van der Waals surface area contributed by atoms with Gasteiger partial charge in [-0.2, -0.15) is 0 Å². The minimum atomic E-state index is -0.567. The molecule has 72 valence electrons. The zero-order valence-corrected chi connectivity index (χ0v) is 7.38. The second-order valence-corrected chi connectivity index (χ2v) is 1.87. The van der Waals surface area contributed by atoms with Crippen LogP contribution >= 0.6 is 0 Å². The fourth-order valence-electron chi connectivity index (χ4n) is 0.460. The van der Waals surface area contributed by atoms with Crippen molar-refractivity contribution in [2.45, 2.75) is 6.92 Å². The van der Waals surface area contributed by atoms with Crippen LogP contribution in [0.3, 0.4) is 0 Å². The van der Waals surface area contributed by atoms with E-state index in [1.165, 1.54) is 6.33 Å². The molecule has 0 amide bonds. The first-order valence-electron chi connectivity index (χ1n) is 3.77. The van der Waals surface area contributed by atoms with Crippen molar-refractivity contribution in [3.63, 3.8) is 0 Å². The van der Waals surface area contributed by atoms with Gasteiger partial charge in [-0.1, -0.05) is 0 Å². The van der Waals surface area contributed by atoms with Gasteiger partial charge in [-0.3, -0.25) is 0 Å². The Morgan fingerprint density at radius 2 is 2.08 bits per heavy atom. The number of carbonyl (C=O) groups excluding carboxylic acids is 1. The molecule has 0 atom stereocenters. The highest BCUT2D eigenvalue weighted by atomic mass is 16.5. The highest BCUT2D eigenvalue weighted by molar-refractivity contribution is 5.70. The highest BCUT2D eigenvalue weighted by Crippen LogP contribution is 1.71. The van der Waals surface area contributed by atoms with Crippen LogP contribution in [0.25, 0.3) is 0 Å². The van der Waals surface area contributed by atoms with Crippen LogP contribution in [0, 0.1) is 0 Å². The van der Waals surface area contributed by atoms with Crippen molar-refractivity contribution in [3.05, 3.63) is 24.8 Å². The van der Waals surface area contributed by atoms with Crippen molar-refractivity contribution < 1.29 is 14.6 Å². The van der Waals surface area contributed by atoms with Crippen molar-refractivity contribution in [2.75, 3.05) is 13.2 Å². The van der Waals surface area contributed by atoms with Crippen LogP contribution < -0.4 is 0 Å². The van der Waals surface area contributed by atoms with Gasteiger partial charge in [0.2, 0.25) is 0 Å². The summed E-state index contributed by atoms with van der Waals surface area (Å²) in [5.41, 5.74) is 0. The zero-order valence-electron chi connectivity index (χ0n) is 7.38. The van der Waals surface area contributed by atoms with E-state index in [0.29, 0.717) is 6.61 Å². The molecule has 0 aromatic carbocycles. The number of carbonyl (C=O) groups is 1. The summed E-state index contributed by atoms with van der Waals surface area (Å²) >= 11 is 0. The van der Waals surface area contributed by atoms with E-state index in [1.807, 2.05) is 0 Å². The van der Waals surface area contributed by atoms with E-state index in [-0.39, 0.29) is 0 Å². The number of aromatic nitrogens is 2. The lowest BCUT2D eigenvalue weighted by Crippen LogP contribution is -2.07. The largest absolute Gasteiger partial charge is 0.464 e. The summed E-state index contributed by atoms with van der Waals surface area (Å²) in [5.74, 6) is -0.567. The number of nitrogens with zero attached hydrogens (tertiary/aromatic N) is 2. The van der Waals surface area contributed by atoms with Crippen LogP contribution in [-0.4, -0.2) is 34.3 Å². The van der Waals surface area contributed by atoms with Gasteiger partial charge in [-0.25, -0.2) is 14.8 Å². The predicted octanol–water partition coefficient (Wildman–Crippen LogP) is 0.0184. The highest BCUT2D eigenvalue weighted by Gasteiger charge is 1.92. The molecule has 1 rings (SSSR count). The van der Waals surface area contributed by atoms with Gasteiger partial charge in [0.25, 0.3) is 0 Å². The molecule has 5 heteroatoms. The second kappa shape index (κ2) is 8.61. The Bertz CT molecular complexity index is 189. The van der Waals surface area contributed by atoms with Gasteiger partial charge in [0.15, 0.2) is 0 Å². The van der Waals surface area contributed by atoms with Crippen LogP contribution in [0.2, 0.25) is 0 Å². The van der Waals surface area contributed by atoms with Gasteiger partial charge in [0.1, 0.15) is 12.9 Å². The maximum Gasteiger partial charge on any atom is 0.331 e. The first-order valence-corrected chi connectivity index (χ1v) is 3.77. The lowest BCUT2D eigenvalue weighted by atomic mass is 10.7. The molecule has 0 bridgehead atoms. The third-order valence-corrected chi connectivity index (χ3v) is 0.912. The number of rotatable bonds is 2. The molecule has 0 unspecified atom stereocenters. The third kappa shape index (κ3) is 8.42. The number of hydrogen-bond acceptors (Lipinski definition) is 5. The van der Waals surface area contributed by atoms with Crippen molar-refractivity contribution in [1.82, 2.24) is 9.97 Å². The molecule has 13 heavy (non-hydrogen) atoms. The molecule has 1 heterocycles. The molecule has 0 saturated carbocycles.